The SMILES string of the molecule is CC(=O)O[C@@H]1C[C@](C)(OC(C)=O)[C@@H]2ON=C(c3c(Cl)cccc3Cl)[C@@H]21. The van der Waals surface area contributed by atoms with Gasteiger partial charge in [0.15, 0.2) is 11.7 Å². The van der Waals surface area contributed by atoms with Crippen LogP contribution in [0.15, 0.2) is 23.4 Å². The van der Waals surface area contributed by atoms with E-state index in [1.807, 2.05) is 0 Å². The molecule has 134 valence electrons. The highest BCUT2D eigenvalue weighted by Gasteiger charge is 2.61. The lowest BCUT2D eigenvalue weighted by Crippen LogP contribution is -2.41. The van der Waals surface area contributed by atoms with Gasteiger partial charge < -0.3 is 14.3 Å². The molecule has 1 aromatic carbocycles. The number of nitrogens with zero attached hydrogens (tertiary/aromatic N) is 1. The molecule has 0 radical (unpaired) electrons. The molecule has 0 amide bonds. The lowest BCUT2D eigenvalue weighted by Gasteiger charge is -2.27. The Morgan fingerprint density at radius 3 is 2.44 bits per heavy atom. The van der Waals surface area contributed by atoms with Crippen LogP contribution in [0.25, 0.3) is 0 Å². The summed E-state index contributed by atoms with van der Waals surface area (Å²) in [6, 6.07) is 5.11. The summed E-state index contributed by atoms with van der Waals surface area (Å²) >= 11 is 12.6. The number of rotatable bonds is 3. The van der Waals surface area contributed by atoms with Gasteiger partial charge in [-0.15, -0.1) is 0 Å². The van der Waals surface area contributed by atoms with E-state index in [1.54, 1.807) is 25.1 Å². The monoisotopic (exact) mass is 385 g/mol. The van der Waals surface area contributed by atoms with Crippen LogP contribution in [-0.4, -0.2) is 35.5 Å². The van der Waals surface area contributed by atoms with Crippen molar-refractivity contribution < 1.29 is 23.9 Å². The average Bonchev–Trinajstić information content (AvgIpc) is 2.99. The van der Waals surface area contributed by atoms with Crippen molar-refractivity contribution in [2.45, 2.75) is 45.0 Å². The predicted molar refractivity (Wildman–Crippen MR) is 91.7 cm³/mol. The fourth-order valence-corrected chi connectivity index (χ4v) is 4.19. The molecule has 6 nitrogen and oxygen atoms in total. The number of esters is 2. The van der Waals surface area contributed by atoms with Crippen molar-refractivity contribution in [3.05, 3.63) is 33.8 Å². The Morgan fingerprint density at radius 1 is 1.24 bits per heavy atom. The van der Waals surface area contributed by atoms with Gasteiger partial charge in [0.1, 0.15) is 11.8 Å². The molecule has 1 aromatic rings. The molecule has 1 fully saturated rings. The maximum Gasteiger partial charge on any atom is 0.303 e. The van der Waals surface area contributed by atoms with Gasteiger partial charge in [0.25, 0.3) is 0 Å². The molecule has 0 N–H and O–H groups in total. The van der Waals surface area contributed by atoms with Crippen LogP contribution in [0.3, 0.4) is 0 Å². The largest absolute Gasteiger partial charge is 0.462 e. The Hall–Kier alpha value is -1.79. The smallest absolute Gasteiger partial charge is 0.303 e. The van der Waals surface area contributed by atoms with Gasteiger partial charge in [0.2, 0.25) is 0 Å². The molecule has 0 aromatic heterocycles. The summed E-state index contributed by atoms with van der Waals surface area (Å²) in [7, 11) is 0. The molecule has 0 unspecified atom stereocenters. The predicted octanol–water partition coefficient (Wildman–Crippen LogP) is 3.37. The Kier molecular flexibility index (Phi) is 4.68. The molecule has 0 bridgehead atoms. The highest BCUT2D eigenvalue weighted by Crippen LogP contribution is 2.47. The Bertz CT molecular complexity index is 745. The molecule has 25 heavy (non-hydrogen) atoms. The molecule has 8 heteroatoms. The second-order valence-corrected chi connectivity index (χ2v) is 7.20. The van der Waals surface area contributed by atoms with Gasteiger partial charge in [0.05, 0.1) is 16.0 Å². The zero-order valence-electron chi connectivity index (χ0n) is 13.9. The Morgan fingerprint density at radius 2 is 1.88 bits per heavy atom. The van der Waals surface area contributed by atoms with Crippen molar-refractivity contribution in [1.29, 1.82) is 0 Å². The molecule has 1 heterocycles. The number of ether oxygens (including phenoxy) is 2. The van der Waals surface area contributed by atoms with Crippen molar-refractivity contribution in [2.24, 2.45) is 11.1 Å². The summed E-state index contributed by atoms with van der Waals surface area (Å²) in [6.07, 6.45) is -0.869. The highest BCUT2D eigenvalue weighted by molar-refractivity contribution is 6.40. The second kappa shape index (κ2) is 6.50. The van der Waals surface area contributed by atoms with E-state index in [0.717, 1.165) is 0 Å². The maximum atomic E-state index is 11.5. The van der Waals surface area contributed by atoms with Crippen molar-refractivity contribution in [1.82, 2.24) is 0 Å². The number of halogens is 2. The van der Waals surface area contributed by atoms with E-state index in [0.29, 0.717) is 27.7 Å². The lowest BCUT2D eigenvalue weighted by atomic mass is 9.90. The number of fused-ring (bicyclic) bond motifs is 1. The lowest BCUT2D eigenvalue weighted by molar-refractivity contribution is -0.168. The van der Waals surface area contributed by atoms with E-state index < -0.39 is 35.7 Å². The first kappa shape index (κ1) is 18.0. The van der Waals surface area contributed by atoms with Crippen LogP contribution in [0.2, 0.25) is 10.0 Å². The van der Waals surface area contributed by atoms with E-state index in [1.165, 1.54) is 13.8 Å². The van der Waals surface area contributed by atoms with E-state index >= 15 is 0 Å². The summed E-state index contributed by atoms with van der Waals surface area (Å²) in [5, 5.41) is 4.97. The van der Waals surface area contributed by atoms with E-state index in [4.69, 9.17) is 37.5 Å². The molecular formula is C17H17Cl2NO5. The minimum absolute atomic E-state index is 0.294. The van der Waals surface area contributed by atoms with E-state index in [-0.39, 0.29) is 0 Å². The van der Waals surface area contributed by atoms with Crippen LogP contribution < -0.4 is 0 Å². The van der Waals surface area contributed by atoms with Crippen molar-refractivity contribution in [3.8, 4) is 0 Å². The fraction of sp³-hybridized carbons (Fsp3) is 0.471. The van der Waals surface area contributed by atoms with Gasteiger partial charge in [-0.25, -0.2) is 0 Å². The van der Waals surface area contributed by atoms with Gasteiger partial charge in [0, 0.05) is 25.8 Å². The van der Waals surface area contributed by atoms with Crippen LogP contribution in [0.5, 0.6) is 0 Å². The number of hydrogen-bond donors (Lipinski definition) is 0. The Labute approximate surface area is 155 Å². The van der Waals surface area contributed by atoms with E-state index in [9.17, 15) is 9.59 Å². The Balaban J connectivity index is 2.02. The molecule has 1 aliphatic carbocycles. The van der Waals surface area contributed by atoms with Gasteiger partial charge >= 0.3 is 11.9 Å². The van der Waals surface area contributed by atoms with Gasteiger partial charge in [-0.3, -0.25) is 9.59 Å². The molecule has 1 saturated carbocycles. The third-order valence-electron chi connectivity index (χ3n) is 4.43. The highest BCUT2D eigenvalue weighted by atomic mass is 35.5. The number of hydrogen-bond acceptors (Lipinski definition) is 6. The molecule has 0 saturated heterocycles. The summed E-state index contributed by atoms with van der Waals surface area (Å²) in [4.78, 5) is 28.6. The first-order chi connectivity index (χ1) is 11.7. The van der Waals surface area contributed by atoms with Crippen LogP contribution in [0.4, 0.5) is 0 Å². The van der Waals surface area contributed by atoms with Crippen molar-refractivity contribution in [3.63, 3.8) is 0 Å². The number of carbonyl (C=O) groups is 2. The molecule has 4 atom stereocenters. The molecule has 1 aliphatic heterocycles. The minimum Gasteiger partial charge on any atom is -0.462 e. The minimum atomic E-state index is -0.977. The fourth-order valence-electron chi connectivity index (χ4n) is 3.60. The molecule has 2 aliphatic rings. The van der Waals surface area contributed by atoms with Crippen LogP contribution in [0, 0.1) is 5.92 Å². The maximum absolute atomic E-state index is 11.5. The van der Waals surface area contributed by atoms with Crippen molar-refractivity contribution in [2.75, 3.05) is 0 Å². The first-order valence-electron chi connectivity index (χ1n) is 7.78. The summed E-state index contributed by atoms with van der Waals surface area (Å²) in [6.45, 7) is 4.38. The van der Waals surface area contributed by atoms with Gasteiger partial charge in [-0.1, -0.05) is 34.4 Å². The normalized spacial score (nSPS) is 30.3. The quantitative estimate of drug-likeness (QED) is 0.745. The van der Waals surface area contributed by atoms with Crippen LogP contribution in [-0.2, 0) is 23.9 Å². The third-order valence-corrected chi connectivity index (χ3v) is 5.06. The summed E-state index contributed by atoms with van der Waals surface area (Å²) < 4.78 is 10.9. The summed E-state index contributed by atoms with van der Waals surface area (Å²) in [5.41, 5.74) is 0.0422. The standard InChI is InChI=1S/C17H17Cl2NO5/c1-8(21)23-12-7-17(3,24-9(2)22)16-14(12)15(20-25-16)13-10(18)5-4-6-11(13)19/h4-6,12,14,16H,7H2,1-3H3/t12-,14+,16-,17+/m1/s1. The molecular weight excluding hydrogens is 369 g/mol. The van der Waals surface area contributed by atoms with E-state index in [2.05, 4.69) is 5.16 Å². The summed E-state index contributed by atoms with van der Waals surface area (Å²) in [5.74, 6) is -1.32. The topological polar surface area (TPSA) is 74.2 Å². The van der Waals surface area contributed by atoms with Crippen LogP contribution >= 0.6 is 23.2 Å². The van der Waals surface area contributed by atoms with Crippen molar-refractivity contribution >= 4 is 40.9 Å². The zero-order chi connectivity index (χ0) is 18.4. The number of carbonyl (C=O) groups excluding carboxylic acids is 2. The third kappa shape index (κ3) is 3.20. The number of oxime groups is 1. The van der Waals surface area contributed by atoms with Gasteiger partial charge in [-0.2, -0.15) is 0 Å². The zero-order valence-corrected chi connectivity index (χ0v) is 15.4. The average molecular weight is 386 g/mol. The van der Waals surface area contributed by atoms with Gasteiger partial charge in [-0.05, 0) is 19.1 Å². The molecule has 3 rings (SSSR count). The van der Waals surface area contributed by atoms with Crippen LogP contribution in [0.1, 0.15) is 32.8 Å². The first-order valence-corrected chi connectivity index (χ1v) is 8.53. The second-order valence-electron chi connectivity index (χ2n) is 6.38. The number of benzene rings is 1. The molecule has 0 spiro atoms.